The number of ether oxygens (including phenoxy) is 2. The van der Waals surface area contributed by atoms with E-state index in [1.54, 1.807) is 0 Å². The highest BCUT2D eigenvalue weighted by Crippen LogP contribution is 2.44. The van der Waals surface area contributed by atoms with E-state index in [0.717, 1.165) is 0 Å². The lowest BCUT2D eigenvalue weighted by Crippen LogP contribution is -2.24. The normalized spacial score (nSPS) is 13.7. The van der Waals surface area contributed by atoms with Gasteiger partial charge in [0.15, 0.2) is 0 Å². The summed E-state index contributed by atoms with van der Waals surface area (Å²) in [6, 6.07) is 0.362. The summed E-state index contributed by atoms with van der Waals surface area (Å²) in [4.78, 5) is 12.2. The van der Waals surface area contributed by atoms with Crippen LogP contribution in [0, 0.1) is 0 Å². The third-order valence-electron chi connectivity index (χ3n) is 2.04. The van der Waals surface area contributed by atoms with Gasteiger partial charge >= 0.3 is 24.7 Å². The van der Waals surface area contributed by atoms with Crippen LogP contribution in [0.2, 0.25) is 0 Å². The zero-order valence-corrected chi connectivity index (χ0v) is 15.2. The van der Waals surface area contributed by atoms with Gasteiger partial charge in [-0.15, -0.1) is 15.0 Å². The van der Waals surface area contributed by atoms with Crippen molar-refractivity contribution in [2.75, 3.05) is 19.8 Å². The molecule has 0 bridgehead atoms. The molecule has 0 aliphatic carbocycles. The molecule has 1 heterocycles. The molecule has 0 aliphatic heterocycles. The van der Waals surface area contributed by atoms with Crippen LogP contribution in [0.5, 0.6) is 18.0 Å². The van der Waals surface area contributed by atoms with Crippen molar-refractivity contribution in [1.29, 1.82) is 0 Å². The molecule has 0 aliphatic rings. The van der Waals surface area contributed by atoms with Gasteiger partial charge in [0.25, 0.3) is 0 Å². The fourth-order valence-electron chi connectivity index (χ4n) is 1.43. The Morgan fingerprint density at radius 3 is 1.86 bits per heavy atom. The molecule has 1 rings (SSSR count). The average molecular weight is 350 g/mol. The molecule has 1 aromatic rings. The molecule has 0 radical (unpaired) electrons. The molecular weight excluding hydrogens is 327 g/mol. The highest BCUT2D eigenvalue weighted by atomic mass is 32.5. The van der Waals surface area contributed by atoms with Crippen molar-refractivity contribution < 1.29 is 18.5 Å². The predicted molar refractivity (Wildman–Crippen MR) is 87.0 cm³/mol. The maximum absolute atomic E-state index is 5.70. The van der Waals surface area contributed by atoms with Crippen molar-refractivity contribution in [3.05, 3.63) is 0 Å². The first-order valence-corrected chi connectivity index (χ1v) is 9.79. The molecule has 0 saturated heterocycles. The van der Waals surface area contributed by atoms with Crippen molar-refractivity contribution in [2.45, 2.75) is 40.7 Å². The van der Waals surface area contributed by atoms with E-state index < -0.39 is 6.64 Å². The molecule has 10 heteroatoms. The van der Waals surface area contributed by atoms with Crippen molar-refractivity contribution in [1.82, 2.24) is 20.0 Å². The molecule has 126 valence electrons. The molecule has 1 unspecified atom stereocenters. The smallest absolute Gasteiger partial charge is 0.331 e. The number of hydrogen-bond donors (Lipinski definition) is 1. The van der Waals surface area contributed by atoms with Crippen molar-refractivity contribution in [3.63, 3.8) is 0 Å². The van der Waals surface area contributed by atoms with E-state index in [1.165, 1.54) is 0 Å². The van der Waals surface area contributed by atoms with E-state index in [2.05, 4.69) is 20.0 Å². The van der Waals surface area contributed by atoms with Gasteiger partial charge in [0.2, 0.25) is 0 Å². The van der Waals surface area contributed by atoms with Crippen molar-refractivity contribution in [3.8, 4) is 18.0 Å². The SMILES string of the molecule is CCOc1nc(OCC)nc(OP(=S)(NC(C)C)OCC)n1. The Balaban J connectivity index is 3.03. The van der Waals surface area contributed by atoms with Gasteiger partial charge in [-0.1, -0.05) is 0 Å². The van der Waals surface area contributed by atoms with Crippen LogP contribution in [0.3, 0.4) is 0 Å². The second kappa shape index (κ2) is 9.19. The first-order chi connectivity index (χ1) is 10.4. The van der Waals surface area contributed by atoms with Gasteiger partial charge in [-0.2, -0.15) is 0 Å². The maximum Gasteiger partial charge on any atom is 0.331 e. The van der Waals surface area contributed by atoms with E-state index in [1.807, 2.05) is 34.6 Å². The van der Waals surface area contributed by atoms with Gasteiger partial charge in [0.1, 0.15) is 0 Å². The predicted octanol–water partition coefficient (Wildman–Crippen LogP) is 2.31. The Morgan fingerprint density at radius 1 is 0.955 bits per heavy atom. The van der Waals surface area contributed by atoms with Crippen LogP contribution >= 0.6 is 6.64 Å². The Labute approximate surface area is 136 Å². The minimum absolute atomic E-state index is 0.0202. The summed E-state index contributed by atoms with van der Waals surface area (Å²) in [7, 11) is 0. The van der Waals surface area contributed by atoms with Crippen LogP contribution < -0.4 is 19.1 Å². The Hall–Kier alpha value is -1.02. The number of hydrogen-bond acceptors (Lipinski definition) is 8. The highest BCUT2D eigenvalue weighted by molar-refractivity contribution is 8.09. The van der Waals surface area contributed by atoms with E-state index in [9.17, 15) is 0 Å². The summed E-state index contributed by atoms with van der Waals surface area (Å²) in [5, 5.41) is 3.11. The Morgan fingerprint density at radius 2 is 1.45 bits per heavy atom. The first-order valence-electron chi connectivity index (χ1n) is 7.16. The zero-order valence-electron chi connectivity index (χ0n) is 13.5. The van der Waals surface area contributed by atoms with Crippen LogP contribution in [-0.2, 0) is 16.3 Å². The third kappa shape index (κ3) is 6.39. The monoisotopic (exact) mass is 350 g/mol. The fourth-order valence-corrected chi connectivity index (χ4v) is 4.03. The number of rotatable bonds is 10. The second-order valence-electron chi connectivity index (χ2n) is 4.34. The zero-order chi connectivity index (χ0) is 16.6. The summed E-state index contributed by atoms with van der Waals surface area (Å²) >= 11 is 5.45. The Kier molecular flexibility index (Phi) is 7.95. The first kappa shape index (κ1) is 19.0. The van der Waals surface area contributed by atoms with E-state index in [4.69, 9.17) is 30.3 Å². The molecule has 0 saturated carbocycles. The van der Waals surface area contributed by atoms with Gasteiger partial charge in [-0.25, -0.2) is 5.09 Å². The topological polar surface area (TPSA) is 87.6 Å². The summed E-state index contributed by atoms with van der Waals surface area (Å²) in [6.07, 6.45) is 0. The van der Waals surface area contributed by atoms with Gasteiger partial charge in [-0.3, -0.25) is 0 Å². The van der Waals surface area contributed by atoms with Crippen LogP contribution in [0.4, 0.5) is 0 Å². The summed E-state index contributed by atoms with van der Waals surface area (Å²) in [5.41, 5.74) is 0. The molecule has 0 fully saturated rings. The number of nitrogens with zero attached hydrogens (tertiary/aromatic N) is 3. The van der Waals surface area contributed by atoms with Gasteiger partial charge in [-0.05, 0) is 46.4 Å². The molecule has 1 aromatic heterocycles. The molecule has 0 aromatic carbocycles. The van der Waals surface area contributed by atoms with Gasteiger partial charge < -0.3 is 18.5 Å². The lowest BCUT2D eigenvalue weighted by molar-refractivity contribution is 0.267. The van der Waals surface area contributed by atoms with Crippen molar-refractivity contribution in [2.24, 2.45) is 0 Å². The molecule has 0 amide bonds. The van der Waals surface area contributed by atoms with Crippen LogP contribution in [0.1, 0.15) is 34.6 Å². The lowest BCUT2D eigenvalue weighted by atomic mass is 10.4. The second-order valence-corrected chi connectivity index (χ2v) is 7.48. The molecule has 0 spiro atoms. The largest absolute Gasteiger partial charge is 0.464 e. The third-order valence-corrected chi connectivity index (χ3v) is 4.73. The minimum Gasteiger partial charge on any atom is -0.464 e. The average Bonchev–Trinajstić information content (AvgIpc) is 2.37. The van der Waals surface area contributed by atoms with Gasteiger partial charge in [0, 0.05) is 6.04 Å². The van der Waals surface area contributed by atoms with Crippen molar-refractivity contribution >= 4 is 18.4 Å². The quantitative estimate of drug-likeness (QED) is 0.639. The summed E-state index contributed by atoms with van der Waals surface area (Å²) in [6.45, 7) is 7.90. The minimum atomic E-state index is -2.76. The van der Waals surface area contributed by atoms with Crippen LogP contribution in [0.25, 0.3) is 0 Å². The molecule has 1 N–H and O–H groups in total. The molecule has 22 heavy (non-hydrogen) atoms. The summed E-state index contributed by atoms with van der Waals surface area (Å²) < 4.78 is 21.8. The van der Waals surface area contributed by atoms with E-state index >= 15 is 0 Å². The van der Waals surface area contributed by atoms with Crippen LogP contribution in [0.15, 0.2) is 0 Å². The number of aromatic nitrogens is 3. The Bertz CT molecular complexity index is 494. The molecular formula is C12H23N4O4PS. The number of nitrogens with one attached hydrogen (secondary N) is 1. The van der Waals surface area contributed by atoms with E-state index in [-0.39, 0.29) is 24.1 Å². The van der Waals surface area contributed by atoms with Crippen LogP contribution in [-0.4, -0.2) is 40.8 Å². The molecule has 1 atom stereocenters. The fraction of sp³-hybridized carbons (Fsp3) is 0.750. The lowest BCUT2D eigenvalue weighted by Gasteiger charge is -2.23. The van der Waals surface area contributed by atoms with E-state index in [0.29, 0.717) is 19.8 Å². The highest BCUT2D eigenvalue weighted by Gasteiger charge is 2.24. The molecule has 8 nitrogen and oxygen atoms in total. The maximum atomic E-state index is 5.70. The summed E-state index contributed by atoms with van der Waals surface area (Å²) in [5.74, 6) is 0. The van der Waals surface area contributed by atoms with Gasteiger partial charge in [0.05, 0.1) is 19.8 Å². The standard InChI is InChI=1S/C12H23N4O4PS/c1-6-17-10-13-11(18-7-2)15-12(14-10)20-21(22,19-8-3)16-9(4)5/h9H,6-8H2,1-5H3,(H,16,22).